The molecule has 0 radical (unpaired) electrons. The number of carbonyl (C=O) groups excluding carboxylic acids is 1. The molecule has 4 rings (SSSR count). The molecule has 0 bridgehead atoms. The smallest absolute Gasteiger partial charge is 0.274 e. The van der Waals surface area contributed by atoms with Crippen LogP contribution in [0.5, 0.6) is 0 Å². The third-order valence-electron chi connectivity index (χ3n) is 5.12. The SMILES string of the molecule is Cc1ccc(-n2nc(C(=O)N3CCOC(C)(C)C3)c3c2CCC3)cc1. The summed E-state index contributed by atoms with van der Waals surface area (Å²) in [4.78, 5) is 15.0. The molecule has 0 saturated carbocycles. The average Bonchev–Trinajstić information content (AvgIpc) is 3.16. The zero-order valence-electron chi connectivity index (χ0n) is 15.2. The molecule has 1 aliphatic carbocycles. The zero-order chi connectivity index (χ0) is 17.6. The van der Waals surface area contributed by atoms with Crippen molar-refractivity contribution in [3.05, 3.63) is 46.8 Å². The summed E-state index contributed by atoms with van der Waals surface area (Å²) < 4.78 is 7.71. The van der Waals surface area contributed by atoms with Gasteiger partial charge in [-0.25, -0.2) is 4.68 Å². The number of carbonyl (C=O) groups is 1. The molecule has 2 heterocycles. The number of benzene rings is 1. The van der Waals surface area contributed by atoms with Crippen LogP contribution in [0.15, 0.2) is 24.3 Å². The number of aromatic nitrogens is 2. The molecular weight excluding hydrogens is 314 g/mol. The van der Waals surface area contributed by atoms with E-state index in [2.05, 4.69) is 31.2 Å². The molecule has 2 aliphatic rings. The molecule has 5 nitrogen and oxygen atoms in total. The van der Waals surface area contributed by atoms with Crippen molar-refractivity contribution in [2.24, 2.45) is 0 Å². The number of hydrogen-bond donors (Lipinski definition) is 0. The molecule has 1 amide bonds. The van der Waals surface area contributed by atoms with Crippen molar-refractivity contribution in [2.75, 3.05) is 19.7 Å². The molecular formula is C20H25N3O2. The Hall–Kier alpha value is -2.14. The van der Waals surface area contributed by atoms with Crippen LogP contribution in [0.25, 0.3) is 5.69 Å². The van der Waals surface area contributed by atoms with Gasteiger partial charge in [-0.2, -0.15) is 5.10 Å². The van der Waals surface area contributed by atoms with Crippen molar-refractivity contribution in [3.63, 3.8) is 0 Å². The average molecular weight is 339 g/mol. The first-order chi connectivity index (χ1) is 11.9. The molecule has 0 atom stereocenters. The minimum absolute atomic E-state index is 0.0420. The van der Waals surface area contributed by atoms with E-state index >= 15 is 0 Å². The molecule has 1 aromatic carbocycles. The van der Waals surface area contributed by atoms with Crippen molar-refractivity contribution >= 4 is 5.91 Å². The van der Waals surface area contributed by atoms with E-state index in [1.807, 2.05) is 23.4 Å². The van der Waals surface area contributed by atoms with Gasteiger partial charge < -0.3 is 9.64 Å². The summed E-state index contributed by atoms with van der Waals surface area (Å²) in [6.45, 7) is 7.96. The van der Waals surface area contributed by atoms with E-state index in [-0.39, 0.29) is 11.5 Å². The van der Waals surface area contributed by atoms with Crippen molar-refractivity contribution in [2.45, 2.75) is 45.6 Å². The van der Waals surface area contributed by atoms with Crippen LogP contribution in [-0.2, 0) is 17.6 Å². The fraction of sp³-hybridized carbons (Fsp3) is 0.500. The van der Waals surface area contributed by atoms with Gasteiger partial charge in [0.05, 0.1) is 17.9 Å². The predicted molar refractivity (Wildman–Crippen MR) is 96.3 cm³/mol. The molecule has 0 N–H and O–H groups in total. The van der Waals surface area contributed by atoms with Crippen molar-refractivity contribution in [3.8, 4) is 5.69 Å². The number of morpholine rings is 1. The minimum atomic E-state index is -0.295. The molecule has 25 heavy (non-hydrogen) atoms. The van der Waals surface area contributed by atoms with Crippen LogP contribution < -0.4 is 0 Å². The Labute approximate surface area is 148 Å². The van der Waals surface area contributed by atoms with Gasteiger partial charge in [-0.3, -0.25) is 4.79 Å². The Morgan fingerprint density at radius 3 is 2.68 bits per heavy atom. The van der Waals surface area contributed by atoms with Gasteiger partial charge in [0.1, 0.15) is 0 Å². The molecule has 1 aliphatic heterocycles. The number of nitrogens with zero attached hydrogens (tertiary/aromatic N) is 3. The Bertz CT molecular complexity index is 805. The van der Waals surface area contributed by atoms with Crippen LogP contribution in [0.3, 0.4) is 0 Å². The van der Waals surface area contributed by atoms with E-state index in [1.165, 1.54) is 11.3 Å². The maximum absolute atomic E-state index is 13.1. The Balaban J connectivity index is 1.70. The maximum atomic E-state index is 13.1. The van der Waals surface area contributed by atoms with E-state index in [9.17, 15) is 4.79 Å². The lowest BCUT2D eigenvalue weighted by molar-refractivity contribution is -0.0765. The fourth-order valence-corrected chi connectivity index (χ4v) is 3.85. The van der Waals surface area contributed by atoms with Crippen LogP contribution in [0.2, 0.25) is 0 Å². The second kappa shape index (κ2) is 5.99. The lowest BCUT2D eigenvalue weighted by Crippen LogP contribution is -2.50. The van der Waals surface area contributed by atoms with Crippen LogP contribution in [0.4, 0.5) is 0 Å². The third-order valence-corrected chi connectivity index (χ3v) is 5.12. The Morgan fingerprint density at radius 2 is 1.96 bits per heavy atom. The lowest BCUT2D eigenvalue weighted by atomic mass is 10.1. The van der Waals surface area contributed by atoms with Gasteiger partial charge in [0, 0.05) is 24.3 Å². The molecule has 1 fully saturated rings. The molecule has 5 heteroatoms. The van der Waals surface area contributed by atoms with Crippen LogP contribution in [0.1, 0.15) is 47.6 Å². The third kappa shape index (κ3) is 2.97. The van der Waals surface area contributed by atoms with Crippen LogP contribution in [-0.4, -0.2) is 45.9 Å². The van der Waals surface area contributed by atoms with Gasteiger partial charge in [-0.1, -0.05) is 17.7 Å². The highest BCUT2D eigenvalue weighted by molar-refractivity contribution is 5.94. The van der Waals surface area contributed by atoms with E-state index in [0.29, 0.717) is 25.4 Å². The number of aryl methyl sites for hydroxylation is 1. The standard InChI is InChI=1S/C20H25N3O2/c1-14-7-9-15(10-8-14)23-17-6-4-5-16(17)18(21-23)19(24)22-11-12-25-20(2,3)13-22/h7-10H,4-6,11-13H2,1-3H3. The number of ether oxygens (including phenoxy) is 1. The van der Waals surface area contributed by atoms with Gasteiger partial charge >= 0.3 is 0 Å². The molecule has 2 aromatic rings. The zero-order valence-corrected chi connectivity index (χ0v) is 15.2. The fourth-order valence-electron chi connectivity index (χ4n) is 3.85. The van der Waals surface area contributed by atoms with Gasteiger partial charge in [0.2, 0.25) is 0 Å². The highest BCUT2D eigenvalue weighted by atomic mass is 16.5. The molecule has 1 aromatic heterocycles. The number of amides is 1. The summed E-state index contributed by atoms with van der Waals surface area (Å²) in [7, 11) is 0. The predicted octanol–water partition coefficient (Wildman–Crippen LogP) is 2.92. The number of rotatable bonds is 2. The summed E-state index contributed by atoms with van der Waals surface area (Å²) in [6.07, 6.45) is 3.02. The first kappa shape index (κ1) is 16.3. The summed E-state index contributed by atoms with van der Waals surface area (Å²) in [5, 5.41) is 4.74. The minimum Gasteiger partial charge on any atom is -0.372 e. The molecule has 0 unspecified atom stereocenters. The summed E-state index contributed by atoms with van der Waals surface area (Å²) in [6, 6.07) is 8.33. The van der Waals surface area contributed by atoms with E-state index in [0.717, 1.165) is 30.5 Å². The molecule has 132 valence electrons. The van der Waals surface area contributed by atoms with Gasteiger partial charge in [-0.15, -0.1) is 0 Å². The van der Waals surface area contributed by atoms with E-state index in [1.54, 1.807) is 0 Å². The van der Waals surface area contributed by atoms with Crippen molar-refractivity contribution in [1.82, 2.24) is 14.7 Å². The highest BCUT2D eigenvalue weighted by Gasteiger charge is 2.34. The summed E-state index contributed by atoms with van der Waals surface area (Å²) in [5.74, 6) is 0.0420. The second-order valence-corrected chi connectivity index (χ2v) is 7.71. The molecule has 1 saturated heterocycles. The van der Waals surface area contributed by atoms with E-state index < -0.39 is 0 Å². The first-order valence-corrected chi connectivity index (χ1v) is 9.06. The summed E-state index contributed by atoms with van der Waals surface area (Å²) in [5.41, 5.74) is 4.92. The largest absolute Gasteiger partial charge is 0.372 e. The lowest BCUT2D eigenvalue weighted by Gasteiger charge is -2.37. The quantitative estimate of drug-likeness (QED) is 0.845. The Morgan fingerprint density at radius 1 is 1.20 bits per heavy atom. The maximum Gasteiger partial charge on any atom is 0.274 e. The summed E-state index contributed by atoms with van der Waals surface area (Å²) >= 11 is 0. The highest BCUT2D eigenvalue weighted by Crippen LogP contribution is 2.29. The number of hydrogen-bond acceptors (Lipinski definition) is 3. The van der Waals surface area contributed by atoms with Crippen molar-refractivity contribution in [1.29, 1.82) is 0 Å². The first-order valence-electron chi connectivity index (χ1n) is 9.06. The molecule has 0 spiro atoms. The van der Waals surface area contributed by atoms with Crippen molar-refractivity contribution < 1.29 is 9.53 Å². The van der Waals surface area contributed by atoms with Gasteiger partial charge in [-0.05, 0) is 52.2 Å². The van der Waals surface area contributed by atoms with Gasteiger partial charge in [0.25, 0.3) is 5.91 Å². The topological polar surface area (TPSA) is 47.4 Å². The van der Waals surface area contributed by atoms with Gasteiger partial charge in [0.15, 0.2) is 5.69 Å². The van der Waals surface area contributed by atoms with Crippen LogP contribution >= 0.6 is 0 Å². The van der Waals surface area contributed by atoms with Crippen LogP contribution in [0, 0.1) is 6.92 Å². The second-order valence-electron chi connectivity index (χ2n) is 7.71. The normalized spacial score (nSPS) is 19.1. The monoisotopic (exact) mass is 339 g/mol. The van der Waals surface area contributed by atoms with E-state index in [4.69, 9.17) is 9.84 Å². The number of fused-ring (bicyclic) bond motifs is 1. The Kier molecular flexibility index (Phi) is 3.91.